The number of aryl methyl sites for hydroxylation is 2. The van der Waals surface area contributed by atoms with Crippen molar-refractivity contribution in [3.8, 4) is 11.1 Å². The topological polar surface area (TPSA) is 154 Å². The molecular weight excluding hydrogens is 602 g/mol. The molecule has 10 heteroatoms. The lowest BCUT2D eigenvalue weighted by atomic mass is 9.81. The summed E-state index contributed by atoms with van der Waals surface area (Å²) < 4.78 is 0. The normalized spacial score (nSPS) is 19.1. The number of carbonyl (C=O) groups excluding carboxylic acids is 3. The summed E-state index contributed by atoms with van der Waals surface area (Å²) in [7, 11) is 0. The molecule has 48 heavy (non-hydrogen) atoms. The Kier molecular flexibility index (Phi) is 10.5. The van der Waals surface area contributed by atoms with Gasteiger partial charge in [-0.05, 0) is 131 Å². The number of nitrogens with one attached hydrogen (secondary N) is 5. The number of anilines is 1. The maximum atomic E-state index is 13.7. The Bertz CT molecular complexity index is 1750. The largest absolute Gasteiger partial charge is 0.349 e. The molecule has 7 N–H and O–H groups in total. The zero-order valence-electron chi connectivity index (χ0n) is 27.9. The van der Waals surface area contributed by atoms with Gasteiger partial charge in [0.15, 0.2) is 0 Å². The Morgan fingerprint density at radius 3 is 2.38 bits per heavy atom. The van der Waals surface area contributed by atoms with Crippen LogP contribution in [0, 0.1) is 25.7 Å². The van der Waals surface area contributed by atoms with E-state index in [1.165, 1.54) is 0 Å². The minimum absolute atomic E-state index is 0.0368. The molecule has 1 saturated heterocycles. The summed E-state index contributed by atoms with van der Waals surface area (Å²) in [5.74, 6) is 0.752. The lowest BCUT2D eigenvalue weighted by Gasteiger charge is -2.28. The van der Waals surface area contributed by atoms with Crippen LogP contribution in [-0.2, 0) is 16.0 Å². The number of H-pyrrole nitrogens is 1. The van der Waals surface area contributed by atoms with E-state index in [1.54, 1.807) is 0 Å². The SMILES string of the molecule is Cc1nc2ccc(NC(=O)[C@H](Cc3ccc(-c4ccc(C(=O)NC5CCNCC5)cc4C)cc3)NC(=O)C3CCC(CN)CC3)cc2[nH]1. The molecule has 1 aliphatic carbocycles. The fourth-order valence-corrected chi connectivity index (χ4v) is 7.02. The van der Waals surface area contributed by atoms with Crippen LogP contribution < -0.4 is 27.0 Å². The quantitative estimate of drug-likeness (QED) is 0.146. The van der Waals surface area contributed by atoms with Gasteiger partial charge in [0, 0.05) is 29.6 Å². The summed E-state index contributed by atoms with van der Waals surface area (Å²) in [4.78, 5) is 47.7. The first-order chi connectivity index (χ1) is 23.2. The van der Waals surface area contributed by atoms with Gasteiger partial charge < -0.3 is 32.0 Å². The number of fused-ring (bicyclic) bond motifs is 1. The van der Waals surface area contributed by atoms with E-state index in [2.05, 4.69) is 31.2 Å². The molecule has 0 radical (unpaired) electrons. The van der Waals surface area contributed by atoms with Gasteiger partial charge in [-0.25, -0.2) is 4.98 Å². The average Bonchev–Trinajstić information content (AvgIpc) is 3.48. The van der Waals surface area contributed by atoms with Crippen molar-refractivity contribution in [2.24, 2.45) is 17.6 Å². The number of aromatic amines is 1. The molecule has 1 aliphatic heterocycles. The monoisotopic (exact) mass is 649 g/mol. The minimum atomic E-state index is -0.755. The van der Waals surface area contributed by atoms with E-state index in [4.69, 9.17) is 5.73 Å². The molecule has 0 spiro atoms. The van der Waals surface area contributed by atoms with E-state index in [0.717, 1.165) is 90.7 Å². The Morgan fingerprint density at radius 1 is 0.917 bits per heavy atom. The number of piperidine rings is 1. The minimum Gasteiger partial charge on any atom is -0.349 e. The van der Waals surface area contributed by atoms with E-state index < -0.39 is 6.04 Å². The van der Waals surface area contributed by atoms with Crippen molar-refractivity contribution >= 4 is 34.4 Å². The van der Waals surface area contributed by atoms with Crippen molar-refractivity contribution < 1.29 is 14.4 Å². The molecule has 4 aromatic rings. The average molecular weight is 650 g/mol. The number of amides is 3. The Morgan fingerprint density at radius 2 is 1.67 bits per heavy atom. The molecule has 1 atom stereocenters. The van der Waals surface area contributed by atoms with E-state index >= 15 is 0 Å². The molecule has 0 unspecified atom stereocenters. The van der Waals surface area contributed by atoms with Crippen LogP contribution in [0.25, 0.3) is 22.2 Å². The first-order valence-electron chi connectivity index (χ1n) is 17.2. The van der Waals surface area contributed by atoms with Crippen LogP contribution in [0.5, 0.6) is 0 Å². The predicted octanol–water partition coefficient (Wildman–Crippen LogP) is 4.76. The van der Waals surface area contributed by atoms with Gasteiger partial charge in [0.05, 0.1) is 11.0 Å². The van der Waals surface area contributed by atoms with Crippen LogP contribution >= 0.6 is 0 Å². The van der Waals surface area contributed by atoms with Crippen LogP contribution in [0.1, 0.15) is 65.8 Å². The summed E-state index contributed by atoms with van der Waals surface area (Å²) in [6.07, 6.45) is 5.65. The van der Waals surface area contributed by atoms with Gasteiger partial charge in [-0.2, -0.15) is 0 Å². The summed E-state index contributed by atoms with van der Waals surface area (Å²) in [5, 5.41) is 12.6. The number of nitrogens with two attached hydrogens (primary N) is 1. The summed E-state index contributed by atoms with van der Waals surface area (Å²) in [6, 6.07) is 18.9. The van der Waals surface area contributed by atoms with E-state index in [1.807, 2.05) is 74.5 Å². The molecule has 2 aliphatic rings. The zero-order valence-corrected chi connectivity index (χ0v) is 27.9. The van der Waals surface area contributed by atoms with Crippen molar-refractivity contribution in [3.05, 3.63) is 83.2 Å². The Hall–Kier alpha value is -4.54. The molecular formula is C38H47N7O3. The van der Waals surface area contributed by atoms with Crippen molar-refractivity contribution in [1.29, 1.82) is 0 Å². The Balaban J connectivity index is 1.15. The molecule has 10 nitrogen and oxygen atoms in total. The van der Waals surface area contributed by atoms with E-state index in [-0.39, 0.29) is 29.7 Å². The summed E-state index contributed by atoms with van der Waals surface area (Å²) >= 11 is 0. The van der Waals surface area contributed by atoms with Crippen LogP contribution in [0.4, 0.5) is 5.69 Å². The number of hydrogen-bond donors (Lipinski definition) is 6. The number of rotatable bonds is 10. The molecule has 0 bridgehead atoms. The number of imidazole rings is 1. The molecule has 2 heterocycles. The zero-order chi connectivity index (χ0) is 33.6. The predicted molar refractivity (Wildman–Crippen MR) is 190 cm³/mol. The smallest absolute Gasteiger partial charge is 0.251 e. The van der Waals surface area contributed by atoms with Gasteiger partial charge >= 0.3 is 0 Å². The third kappa shape index (κ3) is 8.11. The number of hydrogen-bond acceptors (Lipinski definition) is 6. The first-order valence-corrected chi connectivity index (χ1v) is 17.2. The lowest BCUT2D eigenvalue weighted by molar-refractivity contribution is -0.130. The summed E-state index contributed by atoms with van der Waals surface area (Å²) in [5.41, 5.74) is 12.8. The molecule has 1 saturated carbocycles. The van der Waals surface area contributed by atoms with Gasteiger partial charge in [-0.1, -0.05) is 30.3 Å². The van der Waals surface area contributed by atoms with E-state index in [9.17, 15) is 14.4 Å². The molecule has 2 fully saturated rings. The maximum Gasteiger partial charge on any atom is 0.251 e. The highest BCUT2D eigenvalue weighted by molar-refractivity contribution is 5.99. The van der Waals surface area contributed by atoms with Gasteiger partial charge in [0.1, 0.15) is 11.9 Å². The Labute approximate surface area is 282 Å². The second-order valence-electron chi connectivity index (χ2n) is 13.5. The molecule has 3 amide bonds. The third-order valence-electron chi connectivity index (χ3n) is 9.92. The number of benzene rings is 3. The van der Waals surface area contributed by atoms with Crippen molar-refractivity contribution in [3.63, 3.8) is 0 Å². The highest BCUT2D eigenvalue weighted by Crippen LogP contribution is 2.29. The van der Waals surface area contributed by atoms with Crippen molar-refractivity contribution in [2.75, 3.05) is 25.0 Å². The first kappa shape index (κ1) is 33.4. The third-order valence-corrected chi connectivity index (χ3v) is 9.92. The molecule has 1 aromatic heterocycles. The molecule has 252 valence electrons. The van der Waals surface area contributed by atoms with Gasteiger partial charge in [0.25, 0.3) is 5.91 Å². The highest BCUT2D eigenvalue weighted by atomic mass is 16.2. The second-order valence-corrected chi connectivity index (χ2v) is 13.5. The van der Waals surface area contributed by atoms with Gasteiger partial charge in [0.2, 0.25) is 11.8 Å². The number of aromatic nitrogens is 2. The van der Waals surface area contributed by atoms with Gasteiger partial charge in [-0.15, -0.1) is 0 Å². The highest BCUT2D eigenvalue weighted by Gasteiger charge is 2.29. The van der Waals surface area contributed by atoms with E-state index in [0.29, 0.717) is 30.1 Å². The number of carbonyl (C=O) groups is 3. The van der Waals surface area contributed by atoms with Crippen LogP contribution in [0.2, 0.25) is 0 Å². The fourth-order valence-electron chi connectivity index (χ4n) is 7.02. The van der Waals surface area contributed by atoms with Crippen molar-refractivity contribution in [1.82, 2.24) is 25.9 Å². The summed E-state index contributed by atoms with van der Waals surface area (Å²) in [6.45, 7) is 6.40. The molecule has 3 aromatic carbocycles. The lowest BCUT2D eigenvalue weighted by Crippen LogP contribution is -2.48. The fraction of sp³-hybridized carbons (Fsp3) is 0.421. The maximum absolute atomic E-state index is 13.7. The van der Waals surface area contributed by atoms with Crippen molar-refractivity contribution in [2.45, 2.75) is 70.9 Å². The van der Waals surface area contributed by atoms with Gasteiger partial charge in [-0.3, -0.25) is 14.4 Å². The van der Waals surface area contributed by atoms with Crippen LogP contribution in [0.15, 0.2) is 60.7 Å². The standard InChI is InChI=1S/C38H47N7O3/c1-23-19-29(37(47)43-30-15-17-40-18-16-30)11-13-32(23)27-7-3-25(4-8-27)20-35(45-36(46)28-9-5-26(22-39)6-10-28)38(48)44-31-12-14-33-34(21-31)42-24(2)41-33/h3-4,7-8,11-14,19,21,26,28,30,35,40H,5-6,9-10,15-18,20,22,39H2,1-2H3,(H,41,42)(H,43,47)(H,44,48)(H,45,46)/t26?,28?,35-/m0/s1. The van der Waals surface area contributed by atoms with Crippen LogP contribution in [0.3, 0.4) is 0 Å². The van der Waals surface area contributed by atoms with Crippen LogP contribution in [-0.4, -0.2) is 59.4 Å². The second kappa shape index (κ2) is 15.1. The molecule has 6 rings (SSSR count). The number of nitrogens with zero attached hydrogens (tertiary/aromatic N) is 1.